The fourth-order valence-electron chi connectivity index (χ4n) is 1.52. The lowest BCUT2D eigenvalue weighted by atomic mass is 10.2. The summed E-state index contributed by atoms with van der Waals surface area (Å²) in [6.45, 7) is 3.60. The minimum absolute atomic E-state index is 0.0751. The quantitative estimate of drug-likeness (QED) is 0.871. The number of sulfone groups is 1. The first kappa shape index (κ1) is 14.5. The van der Waals surface area contributed by atoms with Gasteiger partial charge in [-0.25, -0.2) is 13.2 Å². The third kappa shape index (κ3) is 5.67. The number of hydrogen-bond acceptors (Lipinski definition) is 3. The van der Waals surface area contributed by atoms with E-state index in [9.17, 15) is 13.2 Å². The van der Waals surface area contributed by atoms with Gasteiger partial charge in [0.25, 0.3) is 0 Å². The molecule has 100 valence electrons. The van der Waals surface area contributed by atoms with Gasteiger partial charge < -0.3 is 10.6 Å². The first-order valence-electron chi connectivity index (χ1n) is 5.58. The SMILES string of the molecule is Cc1ccc(NC(=O)N[C@H](C)CS(C)(=O)=O)cc1. The van der Waals surface area contributed by atoms with Crippen LogP contribution in [0.4, 0.5) is 10.5 Å². The van der Waals surface area contributed by atoms with Crippen molar-refractivity contribution >= 4 is 21.6 Å². The Morgan fingerprint density at radius 3 is 2.33 bits per heavy atom. The summed E-state index contributed by atoms with van der Waals surface area (Å²) in [5.74, 6) is -0.0751. The van der Waals surface area contributed by atoms with E-state index in [1.165, 1.54) is 0 Å². The summed E-state index contributed by atoms with van der Waals surface area (Å²) >= 11 is 0. The molecular formula is C12H18N2O3S. The van der Waals surface area contributed by atoms with Crippen molar-refractivity contribution in [2.45, 2.75) is 19.9 Å². The molecule has 1 aromatic carbocycles. The summed E-state index contributed by atoms with van der Waals surface area (Å²) in [7, 11) is -3.09. The van der Waals surface area contributed by atoms with Gasteiger partial charge in [0, 0.05) is 18.0 Å². The van der Waals surface area contributed by atoms with E-state index >= 15 is 0 Å². The van der Waals surface area contributed by atoms with Crippen molar-refractivity contribution < 1.29 is 13.2 Å². The molecular weight excluding hydrogens is 252 g/mol. The van der Waals surface area contributed by atoms with Crippen molar-refractivity contribution in [3.8, 4) is 0 Å². The standard InChI is InChI=1S/C12H18N2O3S/c1-9-4-6-11(7-5-9)14-12(15)13-10(2)8-18(3,16)17/h4-7,10H,8H2,1-3H3,(H2,13,14,15)/t10-/m1/s1. The lowest BCUT2D eigenvalue weighted by Crippen LogP contribution is -2.39. The van der Waals surface area contributed by atoms with Crippen molar-refractivity contribution in [2.75, 3.05) is 17.3 Å². The van der Waals surface area contributed by atoms with Crippen molar-refractivity contribution in [2.24, 2.45) is 0 Å². The lowest BCUT2D eigenvalue weighted by molar-refractivity contribution is 0.250. The fraction of sp³-hybridized carbons (Fsp3) is 0.417. The minimum Gasteiger partial charge on any atom is -0.334 e. The van der Waals surface area contributed by atoms with E-state index in [1.807, 2.05) is 19.1 Å². The molecule has 0 aliphatic rings. The number of benzene rings is 1. The van der Waals surface area contributed by atoms with E-state index < -0.39 is 21.9 Å². The van der Waals surface area contributed by atoms with Crippen LogP contribution >= 0.6 is 0 Å². The monoisotopic (exact) mass is 270 g/mol. The van der Waals surface area contributed by atoms with Crippen LogP contribution in [0.3, 0.4) is 0 Å². The maximum atomic E-state index is 11.6. The summed E-state index contributed by atoms with van der Waals surface area (Å²) in [6.07, 6.45) is 1.14. The second-order valence-electron chi connectivity index (χ2n) is 4.46. The Hall–Kier alpha value is -1.56. The molecule has 0 fully saturated rings. The molecule has 1 aromatic rings. The van der Waals surface area contributed by atoms with Gasteiger partial charge in [0.1, 0.15) is 9.84 Å². The summed E-state index contributed by atoms with van der Waals surface area (Å²) in [6, 6.07) is 6.51. The molecule has 0 aromatic heterocycles. The molecule has 1 rings (SSSR count). The molecule has 2 N–H and O–H groups in total. The van der Waals surface area contributed by atoms with E-state index in [0.29, 0.717) is 5.69 Å². The van der Waals surface area contributed by atoms with E-state index in [4.69, 9.17) is 0 Å². The molecule has 0 saturated heterocycles. The average molecular weight is 270 g/mol. The predicted molar refractivity (Wildman–Crippen MR) is 72.5 cm³/mol. The fourth-order valence-corrected chi connectivity index (χ4v) is 2.52. The normalized spacial score (nSPS) is 12.8. The van der Waals surface area contributed by atoms with Crippen LogP contribution < -0.4 is 10.6 Å². The van der Waals surface area contributed by atoms with Crippen molar-refractivity contribution in [3.05, 3.63) is 29.8 Å². The van der Waals surface area contributed by atoms with Gasteiger partial charge in [0.15, 0.2) is 0 Å². The Bertz CT molecular complexity index is 509. The first-order chi connectivity index (χ1) is 8.26. The van der Waals surface area contributed by atoms with Crippen LogP contribution in [-0.4, -0.2) is 32.5 Å². The van der Waals surface area contributed by atoms with Crippen LogP contribution in [0.15, 0.2) is 24.3 Å². The second kappa shape index (κ2) is 5.86. The Morgan fingerprint density at radius 2 is 1.83 bits per heavy atom. The molecule has 0 heterocycles. The molecule has 0 aliphatic carbocycles. The maximum Gasteiger partial charge on any atom is 0.319 e. The maximum absolute atomic E-state index is 11.6. The highest BCUT2D eigenvalue weighted by Crippen LogP contribution is 2.08. The van der Waals surface area contributed by atoms with Crippen LogP contribution in [0.2, 0.25) is 0 Å². The van der Waals surface area contributed by atoms with Gasteiger partial charge in [0.05, 0.1) is 5.75 Å². The highest BCUT2D eigenvalue weighted by molar-refractivity contribution is 7.90. The number of urea groups is 1. The predicted octanol–water partition coefficient (Wildman–Crippen LogP) is 1.55. The van der Waals surface area contributed by atoms with Gasteiger partial charge >= 0.3 is 6.03 Å². The molecule has 0 saturated carbocycles. The Morgan fingerprint density at radius 1 is 1.28 bits per heavy atom. The van der Waals surface area contributed by atoms with Crippen LogP contribution in [-0.2, 0) is 9.84 Å². The van der Waals surface area contributed by atoms with Gasteiger partial charge in [-0.05, 0) is 26.0 Å². The molecule has 2 amide bonds. The van der Waals surface area contributed by atoms with Gasteiger partial charge in [-0.2, -0.15) is 0 Å². The number of rotatable bonds is 4. The van der Waals surface area contributed by atoms with E-state index in [1.54, 1.807) is 19.1 Å². The highest BCUT2D eigenvalue weighted by Gasteiger charge is 2.12. The van der Waals surface area contributed by atoms with Crippen LogP contribution in [0.5, 0.6) is 0 Å². The van der Waals surface area contributed by atoms with E-state index in [2.05, 4.69) is 10.6 Å². The Labute approximate surface area is 108 Å². The Kier molecular flexibility index (Phi) is 4.72. The topological polar surface area (TPSA) is 75.3 Å². The molecule has 1 atom stereocenters. The summed E-state index contributed by atoms with van der Waals surface area (Å²) in [5, 5.41) is 5.21. The second-order valence-corrected chi connectivity index (χ2v) is 6.64. The molecule has 0 unspecified atom stereocenters. The van der Waals surface area contributed by atoms with Crippen LogP contribution in [0, 0.1) is 6.92 Å². The molecule has 18 heavy (non-hydrogen) atoms. The van der Waals surface area contributed by atoms with Gasteiger partial charge in [-0.1, -0.05) is 17.7 Å². The number of aryl methyl sites for hydroxylation is 1. The van der Waals surface area contributed by atoms with E-state index in [0.717, 1.165) is 11.8 Å². The number of nitrogens with one attached hydrogen (secondary N) is 2. The number of amides is 2. The number of hydrogen-bond donors (Lipinski definition) is 2. The summed E-state index contributed by atoms with van der Waals surface area (Å²) in [5.41, 5.74) is 1.77. The summed E-state index contributed by atoms with van der Waals surface area (Å²) < 4.78 is 22.1. The zero-order valence-electron chi connectivity index (χ0n) is 10.7. The number of anilines is 1. The molecule has 0 spiro atoms. The van der Waals surface area contributed by atoms with Crippen molar-refractivity contribution in [1.29, 1.82) is 0 Å². The number of carbonyl (C=O) groups excluding carboxylic acids is 1. The smallest absolute Gasteiger partial charge is 0.319 e. The number of carbonyl (C=O) groups is 1. The summed E-state index contributed by atoms with van der Waals surface area (Å²) in [4.78, 5) is 11.6. The van der Waals surface area contributed by atoms with Crippen LogP contribution in [0.1, 0.15) is 12.5 Å². The zero-order chi connectivity index (χ0) is 13.8. The van der Waals surface area contributed by atoms with Gasteiger partial charge in [0.2, 0.25) is 0 Å². The van der Waals surface area contributed by atoms with Gasteiger partial charge in [-0.15, -0.1) is 0 Å². The van der Waals surface area contributed by atoms with Crippen LogP contribution in [0.25, 0.3) is 0 Å². The van der Waals surface area contributed by atoms with Gasteiger partial charge in [-0.3, -0.25) is 0 Å². The molecule has 0 bridgehead atoms. The molecule has 0 aliphatic heterocycles. The van der Waals surface area contributed by atoms with E-state index in [-0.39, 0.29) is 5.75 Å². The van der Waals surface area contributed by atoms with Crippen molar-refractivity contribution in [1.82, 2.24) is 5.32 Å². The molecule has 6 heteroatoms. The first-order valence-corrected chi connectivity index (χ1v) is 7.64. The Balaban J connectivity index is 2.49. The molecule has 0 radical (unpaired) electrons. The minimum atomic E-state index is -3.09. The third-order valence-corrected chi connectivity index (χ3v) is 3.35. The highest BCUT2D eigenvalue weighted by atomic mass is 32.2. The zero-order valence-corrected chi connectivity index (χ0v) is 11.5. The van der Waals surface area contributed by atoms with Crippen molar-refractivity contribution in [3.63, 3.8) is 0 Å². The average Bonchev–Trinajstić information content (AvgIpc) is 2.18. The lowest BCUT2D eigenvalue weighted by Gasteiger charge is -2.13. The molecule has 5 nitrogen and oxygen atoms in total. The largest absolute Gasteiger partial charge is 0.334 e. The third-order valence-electron chi connectivity index (χ3n) is 2.24.